The largest absolute Gasteiger partial charge is 0.379 e. The second-order valence-electron chi connectivity index (χ2n) is 7.45. The Bertz CT molecular complexity index is 349. The molecule has 3 aliphatic rings. The molecule has 1 aliphatic carbocycles. The highest BCUT2D eigenvalue weighted by Crippen LogP contribution is 2.28. The number of amides is 1. The van der Waals surface area contributed by atoms with Gasteiger partial charge in [0.05, 0.1) is 13.2 Å². The van der Waals surface area contributed by atoms with E-state index in [-0.39, 0.29) is 0 Å². The van der Waals surface area contributed by atoms with Crippen molar-refractivity contribution >= 4 is 5.91 Å². The summed E-state index contributed by atoms with van der Waals surface area (Å²) in [6, 6.07) is 0. The molecule has 1 unspecified atom stereocenters. The SMILES string of the molecule is O=C(CC1CCCC1)N1CCCC(CN2CCOCC2)CC1. The van der Waals surface area contributed by atoms with Gasteiger partial charge in [-0.25, -0.2) is 0 Å². The average molecular weight is 308 g/mol. The molecular formula is C18H32N2O2. The Balaban J connectivity index is 1.41. The van der Waals surface area contributed by atoms with E-state index in [1.165, 1.54) is 51.5 Å². The van der Waals surface area contributed by atoms with Gasteiger partial charge < -0.3 is 9.64 Å². The Morgan fingerprint density at radius 2 is 1.59 bits per heavy atom. The number of carbonyl (C=O) groups excluding carboxylic acids is 1. The van der Waals surface area contributed by atoms with Crippen molar-refractivity contribution in [2.45, 2.75) is 51.4 Å². The zero-order valence-corrected chi connectivity index (χ0v) is 14.0. The monoisotopic (exact) mass is 308 g/mol. The summed E-state index contributed by atoms with van der Waals surface area (Å²) in [5.74, 6) is 1.88. The summed E-state index contributed by atoms with van der Waals surface area (Å²) in [5, 5.41) is 0. The first-order chi connectivity index (χ1) is 10.8. The highest BCUT2D eigenvalue weighted by atomic mass is 16.5. The number of nitrogens with zero attached hydrogens (tertiary/aromatic N) is 2. The summed E-state index contributed by atoms with van der Waals surface area (Å²) < 4.78 is 5.43. The summed E-state index contributed by atoms with van der Waals surface area (Å²) in [6.45, 7) is 7.12. The molecule has 2 saturated heterocycles. The molecule has 1 amide bonds. The van der Waals surface area contributed by atoms with Crippen LogP contribution >= 0.6 is 0 Å². The summed E-state index contributed by atoms with van der Waals surface area (Å²) in [6.07, 6.45) is 9.69. The van der Waals surface area contributed by atoms with Crippen molar-refractivity contribution in [2.24, 2.45) is 11.8 Å². The number of likely N-dealkylation sites (tertiary alicyclic amines) is 1. The van der Waals surface area contributed by atoms with Gasteiger partial charge in [0, 0.05) is 39.1 Å². The van der Waals surface area contributed by atoms with Crippen LogP contribution in [0.1, 0.15) is 51.4 Å². The second kappa shape index (κ2) is 8.30. The molecule has 1 atom stereocenters. The number of hydrogen-bond donors (Lipinski definition) is 0. The van der Waals surface area contributed by atoms with Crippen LogP contribution in [0.15, 0.2) is 0 Å². The standard InChI is InChI=1S/C18H32N2O2/c21-18(14-16-4-1-2-5-16)20-8-3-6-17(7-9-20)15-19-10-12-22-13-11-19/h16-17H,1-15H2. The fraction of sp³-hybridized carbons (Fsp3) is 0.944. The molecule has 126 valence electrons. The molecule has 1 saturated carbocycles. The van der Waals surface area contributed by atoms with Crippen LogP contribution in [0.2, 0.25) is 0 Å². The molecule has 0 aromatic carbocycles. The van der Waals surface area contributed by atoms with Crippen molar-refractivity contribution in [1.29, 1.82) is 0 Å². The second-order valence-corrected chi connectivity index (χ2v) is 7.45. The molecule has 3 rings (SSSR count). The van der Waals surface area contributed by atoms with Gasteiger partial charge in [0.1, 0.15) is 0 Å². The zero-order chi connectivity index (χ0) is 15.2. The van der Waals surface area contributed by atoms with Crippen LogP contribution in [-0.2, 0) is 9.53 Å². The van der Waals surface area contributed by atoms with Crippen LogP contribution in [0.4, 0.5) is 0 Å². The lowest BCUT2D eigenvalue weighted by atomic mass is 10.00. The highest BCUT2D eigenvalue weighted by molar-refractivity contribution is 5.76. The number of ether oxygens (including phenoxy) is 1. The maximum absolute atomic E-state index is 12.5. The van der Waals surface area contributed by atoms with Crippen LogP contribution in [0.25, 0.3) is 0 Å². The zero-order valence-electron chi connectivity index (χ0n) is 14.0. The molecule has 0 bridgehead atoms. The van der Waals surface area contributed by atoms with E-state index in [4.69, 9.17) is 4.74 Å². The first-order valence-electron chi connectivity index (χ1n) is 9.39. The molecule has 2 aliphatic heterocycles. The van der Waals surface area contributed by atoms with Gasteiger partial charge >= 0.3 is 0 Å². The molecule has 2 heterocycles. The van der Waals surface area contributed by atoms with E-state index in [0.29, 0.717) is 11.8 Å². The van der Waals surface area contributed by atoms with Gasteiger partial charge in [-0.05, 0) is 43.9 Å². The van der Waals surface area contributed by atoms with E-state index in [0.717, 1.165) is 51.7 Å². The Labute approximate surface area is 135 Å². The molecule has 0 spiro atoms. The fourth-order valence-corrected chi connectivity index (χ4v) is 4.34. The Morgan fingerprint density at radius 1 is 0.864 bits per heavy atom. The fourth-order valence-electron chi connectivity index (χ4n) is 4.34. The molecule has 4 heteroatoms. The highest BCUT2D eigenvalue weighted by Gasteiger charge is 2.25. The van der Waals surface area contributed by atoms with Crippen molar-refractivity contribution in [1.82, 2.24) is 9.80 Å². The molecule has 0 aromatic heterocycles. The van der Waals surface area contributed by atoms with E-state index in [2.05, 4.69) is 9.80 Å². The molecule has 0 aromatic rings. The predicted molar refractivity (Wildman–Crippen MR) is 87.8 cm³/mol. The van der Waals surface area contributed by atoms with Crippen LogP contribution in [-0.4, -0.2) is 61.6 Å². The molecule has 0 N–H and O–H groups in total. The molecule has 0 radical (unpaired) electrons. The van der Waals surface area contributed by atoms with E-state index >= 15 is 0 Å². The Morgan fingerprint density at radius 3 is 2.36 bits per heavy atom. The van der Waals surface area contributed by atoms with E-state index in [9.17, 15) is 4.79 Å². The van der Waals surface area contributed by atoms with Gasteiger partial charge in [-0.15, -0.1) is 0 Å². The first-order valence-corrected chi connectivity index (χ1v) is 9.39. The maximum atomic E-state index is 12.5. The number of hydrogen-bond acceptors (Lipinski definition) is 3. The topological polar surface area (TPSA) is 32.8 Å². The smallest absolute Gasteiger partial charge is 0.222 e. The third-order valence-corrected chi connectivity index (χ3v) is 5.76. The lowest BCUT2D eigenvalue weighted by molar-refractivity contribution is -0.132. The lowest BCUT2D eigenvalue weighted by Gasteiger charge is -2.30. The first kappa shape index (κ1) is 16.3. The lowest BCUT2D eigenvalue weighted by Crippen LogP contribution is -2.39. The minimum absolute atomic E-state index is 0.430. The minimum Gasteiger partial charge on any atom is -0.379 e. The van der Waals surface area contributed by atoms with Crippen molar-refractivity contribution < 1.29 is 9.53 Å². The van der Waals surface area contributed by atoms with Gasteiger partial charge in [0.15, 0.2) is 0 Å². The average Bonchev–Trinajstić information content (AvgIpc) is 2.93. The molecule has 4 nitrogen and oxygen atoms in total. The summed E-state index contributed by atoms with van der Waals surface area (Å²) in [7, 11) is 0. The van der Waals surface area contributed by atoms with Gasteiger partial charge in [0.2, 0.25) is 5.91 Å². The van der Waals surface area contributed by atoms with Crippen LogP contribution < -0.4 is 0 Å². The molecular weight excluding hydrogens is 276 g/mol. The van der Waals surface area contributed by atoms with E-state index in [1.807, 2.05) is 0 Å². The predicted octanol–water partition coefficient (Wildman–Crippen LogP) is 2.53. The quantitative estimate of drug-likeness (QED) is 0.800. The summed E-state index contributed by atoms with van der Waals surface area (Å²) in [5.41, 5.74) is 0. The van der Waals surface area contributed by atoms with Crippen molar-refractivity contribution in [3.05, 3.63) is 0 Å². The number of carbonyl (C=O) groups is 1. The van der Waals surface area contributed by atoms with Gasteiger partial charge in [-0.3, -0.25) is 9.69 Å². The van der Waals surface area contributed by atoms with Crippen LogP contribution in [0, 0.1) is 11.8 Å². The van der Waals surface area contributed by atoms with E-state index < -0.39 is 0 Å². The third-order valence-electron chi connectivity index (χ3n) is 5.76. The van der Waals surface area contributed by atoms with Crippen molar-refractivity contribution in [3.63, 3.8) is 0 Å². The minimum atomic E-state index is 0.430. The van der Waals surface area contributed by atoms with Crippen molar-refractivity contribution in [3.8, 4) is 0 Å². The van der Waals surface area contributed by atoms with Gasteiger partial charge in [-0.2, -0.15) is 0 Å². The van der Waals surface area contributed by atoms with Crippen LogP contribution in [0.5, 0.6) is 0 Å². The number of morpholine rings is 1. The van der Waals surface area contributed by atoms with Crippen LogP contribution in [0.3, 0.4) is 0 Å². The maximum Gasteiger partial charge on any atom is 0.222 e. The molecule has 22 heavy (non-hydrogen) atoms. The summed E-state index contributed by atoms with van der Waals surface area (Å²) >= 11 is 0. The van der Waals surface area contributed by atoms with Crippen molar-refractivity contribution in [2.75, 3.05) is 45.9 Å². The Kier molecular flexibility index (Phi) is 6.13. The molecule has 3 fully saturated rings. The normalized spacial score (nSPS) is 28.7. The summed E-state index contributed by atoms with van der Waals surface area (Å²) in [4.78, 5) is 17.2. The van der Waals surface area contributed by atoms with E-state index in [1.54, 1.807) is 0 Å². The third kappa shape index (κ3) is 4.69. The number of rotatable bonds is 4. The Hall–Kier alpha value is -0.610. The van der Waals surface area contributed by atoms with Gasteiger partial charge in [0.25, 0.3) is 0 Å². The van der Waals surface area contributed by atoms with Gasteiger partial charge in [-0.1, -0.05) is 12.8 Å².